The maximum atomic E-state index is 5.78. The Hall–Kier alpha value is -1.24. The molecule has 2 aromatic heterocycles. The smallest absolute Gasteiger partial charge is 0.138 e. The molecule has 3 heterocycles. The fourth-order valence-corrected chi connectivity index (χ4v) is 4.29. The lowest BCUT2D eigenvalue weighted by molar-refractivity contribution is -0.0678. The summed E-state index contributed by atoms with van der Waals surface area (Å²) in [5, 5.41) is 4.69. The zero-order chi connectivity index (χ0) is 16.4. The Morgan fingerprint density at radius 1 is 1.26 bits per heavy atom. The van der Waals surface area contributed by atoms with Crippen LogP contribution in [0.15, 0.2) is 6.33 Å². The second-order valence-corrected chi connectivity index (χ2v) is 7.69. The molecule has 1 saturated heterocycles. The highest BCUT2D eigenvalue weighted by Crippen LogP contribution is 2.32. The van der Waals surface area contributed by atoms with Gasteiger partial charge in [0.05, 0.1) is 17.6 Å². The van der Waals surface area contributed by atoms with Crippen LogP contribution >= 0.6 is 11.3 Å². The minimum absolute atomic E-state index is 0.338. The number of thiophene rings is 1. The topological polar surface area (TPSA) is 50.3 Å². The van der Waals surface area contributed by atoms with E-state index < -0.39 is 0 Å². The fourth-order valence-electron chi connectivity index (χ4n) is 3.29. The van der Waals surface area contributed by atoms with E-state index in [2.05, 4.69) is 47.9 Å². The Morgan fingerprint density at radius 3 is 2.74 bits per heavy atom. The highest BCUT2D eigenvalue weighted by Gasteiger charge is 2.21. The molecule has 2 atom stereocenters. The lowest BCUT2D eigenvalue weighted by Crippen LogP contribution is -2.45. The maximum Gasteiger partial charge on any atom is 0.138 e. The molecular formula is C17H26N4OS. The number of rotatable bonds is 5. The molecule has 2 aromatic rings. The van der Waals surface area contributed by atoms with Crippen molar-refractivity contribution >= 4 is 27.4 Å². The molecule has 0 bridgehead atoms. The van der Waals surface area contributed by atoms with Crippen LogP contribution in [0.1, 0.15) is 30.7 Å². The zero-order valence-corrected chi connectivity index (χ0v) is 15.2. The molecule has 23 heavy (non-hydrogen) atoms. The van der Waals surface area contributed by atoms with E-state index in [4.69, 9.17) is 4.74 Å². The first kappa shape index (κ1) is 16.6. The molecular weight excluding hydrogens is 308 g/mol. The molecule has 1 aliphatic rings. The van der Waals surface area contributed by atoms with Crippen LogP contribution in [0.25, 0.3) is 10.2 Å². The Morgan fingerprint density at radius 2 is 2.00 bits per heavy atom. The average molecular weight is 334 g/mol. The van der Waals surface area contributed by atoms with Crippen molar-refractivity contribution in [2.45, 2.75) is 46.3 Å². The second kappa shape index (κ2) is 7.11. The summed E-state index contributed by atoms with van der Waals surface area (Å²) in [6.45, 7) is 12.7. The van der Waals surface area contributed by atoms with Gasteiger partial charge < -0.3 is 10.1 Å². The third-order valence-corrected chi connectivity index (χ3v) is 5.52. The Bertz CT molecular complexity index is 662. The Kier molecular flexibility index (Phi) is 5.14. The fraction of sp³-hybridized carbons (Fsp3) is 0.647. The van der Waals surface area contributed by atoms with Crippen molar-refractivity contribution in [2.24, 2.45) is 0 Å². The number of nitrogens with one attached hydrogen (secondary N) is 1. The van der Waals surface area contributed by atoms with Gasteiger partial charge in [0.2, 0.25) is 0 Å². The van der Waals surface area contributed by atoms with Crippen molar-refractivity contribution in [2.75, 3.05) is 31.5 Å². The van der Waals surface area contributed by atoms with Crippen LogP contribution in [0, 0.1) is 13.8 Å². The first-order valence-corrected chi connectivity index (χ1v) is 9.18. The minimum Gasteiger partial charge on any atom is -0.373 e. The number of fused-ring (bicyclic) bond motifs is 1. The van der Waals surface area contributed by atoms with E-state index >= 15 is 0 Å². The molecule has 3 rings (SSSR count). The molecule has 0 aliphatic carbocycles. The van der Waals surface area contributed by atoms with E-state index in [1.165, 1.54) is 15.8 Å². The van der Waals surface area contributed by atoms with Gasteiger partial charge in [0.15, 0.2) is 0 Å². The first-order valence-electron chi connectivity index (χ1n) is 8.37. The molecule has 126 valence electrons. The number of anilines is 1. The molecule has 0 saturated carbocycles. The molecule has 1 aliphatic heterocycles. The van der Waals surface area contributed by atoms with E-state index in [0.717, 1.165) is 43.2 Å². The number of aromatic nitrogens is 2. The largest absolute Gasteiger partial charge is 0.373 e. The first-order chi connectivity index (χ1) is 11.0. The van der Waals surface area contributed by atoms with Crippen LogP contribution in [-0.2, 0) is 4.74 Å². The highest BCUT2D eigenvalue weighted by atomic mass is 32.1. The van der Waals surface area contributed by atoms with Gasteiger partial charge in [-0.1, -0.05) is 0 Å². The quantitative estimate of drug-likeness (QED) is 0.851. The predicted molar refractivity (Wildman–Crippen MR) is 96.4 cm³/mol. The second-order valence-electron chi connectivity index (χ2n) is 6.48. The number of ether oxygens (including phenoxy) is 1. The third-order valence-electron chi connectivity index (χ3n) is 4.40. The van der Waals surface area contributed by atoms with Crippen LogP contribution in [0.4, 0.5) is 5.82 Å². The van der Waals surface area contributed by atoms with Crippen molar-refractivity contribution in [3.8, 4) is 0 Å². The van der Waals surface area contributed by atoms with E-state index in [0.29, 0.717) is 12.2 Å². The third kappa shape index (κ3) is 3.82. The van der Waals surface area contributed by atoms with E-state index in [1.54, 1.807) is 17.7 Å². The lowest BCUT2D eigenvalue weighted by Gasteiger charge is -2.35. The highest BCUT2D eigenvalue weighted by molar-refractivity contribution is 7.18. The average Bonchev–Trinajstić information content (AvgIpc) is 2.78. The van der Waals surface area contributed by atoms with Gasteiger partial charge >= 0.3 is 0 Å². The number of hydrogen-bond donors (Lipinski definition) is 1. The SMILES string of the molecule is Cc1sc2ncnc(NCCCN3CC(C)OC(C)C3)c2c1C. The van der Waals surface area contributed by atoms with Crippen LogP contribution in [0.3, 0.4) is 0 Å². The Balaban J connectivity index is 1.55. The van der Waals surface area contributed by atoms with Crippen molar-refractivity contribution in [3.05, 3.63) is 16.8 Å². The van der Waals surface area contributed by atoms with E-state index in [-0.39, 0.29) is 0 Å². The van der Waals surface area contributed by atoms with Crippen LogP contribution in [-0.4, -0.2) is 53.3 Å². The number of morpholine rings is 1. The summed E-state index contributed by atoms with van der Waals surface area (Å²) in [6, 6.07) is 0. The normalized spacial score (nSPS) is 22.6. The minimum atomic E-state index is 0.338. The summed E-state index contributed by atoms with van der Waals surface area (Å²) in [4.78, 5) is 13.7. The standard InChI is InChI=1S/C17H26N4OS/c1-11-8-21(9-12(2)22-11)7-5-6-18-16-15-13(3)14(4)23-17(15)20-10-19-16/h10-12H,5-9H2,1-4H3,(H,18,19,20). The van der Waals surface area contributed by atoms with Gasteiger partial charge in [-0.2, -0.15) is 0 Å². The molecule has 1 N–H and O–H groups in total. The maximum absolute atomic E-state index is 5.78. The summed E-state index contributed by atoms with van der Waals surface area (Å²) in [5.74, 6) is 0.973. The summed E-state index contributed by atoms with van der Waals surface area (Å²) in [7, 11) is 0. The monoisotopic (exact) mass is 334 g/mol. The van der Waals surface area contributed by atoms with Crippen LogP contribution < -0.4 is 5.32 Å². The van der Waals surface area contributed by atoms with Gasteiger partial charge in [0.1, 0.15) is 17.0 Å². The van der Waals surface area contributed by atoms with Crippen LogP contribution in [0.5, 0.6) is 0 Å². The van der Waals surface area contributed by atoms with Gasteiger partial charge in [-0.05, 0) is 39.7 Å². The van der Waals surface area contributed by atoms with Crippen molar-refractivity contribution in [3.63, 3.8) is 0 Å². The van der Waals surface area contributed by atoms with E-state index in [1.807, 2.05) is 0 Å². The molecule has 2 unspecified atom stereocenters. The van der Waals surface area contributed by atoms with Crippen molar-refractivity contribution < 1.29 is 4.74 Å². The van der Waals surface area contributed by atoms with Crippen LogP contribution in [0.2, 0.25) is 0 Å². The van der Waals surface area contributed by atoms with Crippen molar-refractivity contribution in [1.29, 1.82) is 0 Å². The lowest BCUT2D eigenvalue weighted by atomic mass is 10.2. The van der Waals surface area contributed by atoms with Gasteiger partial charge in [0, 0.05) is 31.1 Å². The summed E-state index contributed by atoms with van der Waals surface area (Å²) in [6.07, 6.45) is 3.44. The summed E-state index contributed by atoms with van der Waals surface area (Å²) in [5.41, 5.74) is 1.30. The van der Waals surface area contributed by atoms with Crippen molar-refractivity contribution in [1.82, 2.24) is 14.9 Å². The molecule has 6 heteroatoms. The Labute approximate surface area is 142 Å². The van der Waals surface area contributed by atoms with Gasteiger partial charge in [-0.15, -0.1) is 11.3 Å². The predicted octanol–water partition coefficient (Wildman–Crippen LogP) is 3.22. The number of nitrogens with zero attached hydrogens (tertiary/aromatic N) is 3. The summed E-state index contributed by atoms with van der Waals surface area (Å²) >= 11 is 1.74. The zero-order valence-electron chi connectivity index (χ0n) is 14.4. The number of aryl methyl sites for hydroxylation is 2. The summed E-state index contributed by atoms with van der Waals surface area (Å²) < 4.78 is 5.78. The molecule has 0 aromatic carbocycles. The molecule has 0 amide bonds. The van der Waals surface area contributed by atoms with Gasteiger partial charge in [-0.3, -0.25) is 4.90 Å². The van der Waals surface area contributed by atoms with Gasteiger partial charge in [0.25, 0.3) is 0 Å². The molecule has 1 fully saturated rings. The molecule has 0 radical (unpaired) electrons. The molecule has 0 spiro atoms. The van der Waals surface area contributed by atoms with Gasteiger partial charge in [-0.25, -0.2) is 9.97 Å². The number of hydrogen-bond acceptors (Lipinski definition) is 6. The molecule has 5 nitrogen and oxygen atoms in total. The van der Waals surface area contributed by atoms with E-state index in [9.17, 15) is 0 Å².